The Morgan fingerprint density at radius 3 is 2.56 bits per heavy atom. The minimum Gasteiger partial charge on any atom is -0.369 e. The van der Waals surface area contributed by atoms with Crippen LogP contribution in [0.25, 0.3) is 0 Å². The molecule has 2 aromatic carbocycles. The quantitative estimate of drug-likeness (QED) is 0.524. The Hall–Kier alpha value is -1.61. The van der Waals surface area contributed by atoms with E-state index in [-0.39, 0.29) is 5.54 Å². The second-order valence-electron chi connectivity index (χ2n) is 7.93. The zero-order valence-electron chi connectivity index (χ0n) is 16.0. The molecule has 0 fully saturated rings. The van der Waals surface area contributed by atoms with Crippen molar-refractivity contribution in [1.82, 2.24) is 0 Å². The van der Waals surface area contributed by atoms with Crippen molar-refractivity contribution in [3.63, 3.8) is 0 Å². The molecule has 132 valence electrons. The van der Waals surface area contributed by atoms with Crippen LogP contribution in [0.1, 0.15) is 55.4 Å². The van der Waals surface area contributed by atoms with Gasteiger partial charge >= 0.3 is 0 Å². The monoisotopic (exact) mass is 398 g/mol. The lowest BCUT2D eigenvalue weighted by Crippen LogP contribution is -2.45. The SMILES string of the molecule is Cc1cc2c(cc1C=Nc1ccc(Br)cc1C)C(C)CC(C)(C)N2C. The summed E-state index contributed by atoms with van der Waals surface area (Å²) in [6, 6.07) is 10.9. The van der Waals surface area contributed by atoms with Crippen LogP contribution < -0.4 is 4.90 Å². The third kappa shape index (κ3) is 3.52. The summed E-state index contributed by atoms with van der Waals surface area (Å²) in [4.78, 5) is 7.17. The average molecular weight is 399 g/mol. The average Bonchev–Trinajstić information content (AvgIpc) is 2.52. The molecule has 3 heteroatoms. The summed E-state index contributed by atoms with van der Waals surface area (Å²) >= 11 is 3.51. The standard InChI is InChI=1S/C22H27BrN2/c1-14-10-21-19(16(3)12-22(4,5)25(21)6)11-17(14)13-24-20-8-7-18(23)9-15(20)2/h7-11,13,16H,12H2,1-6H3. The van der Waals surface area contributed by atoms with Gasteiger partial charge in [0.25, 0.3) is 0 Å². The molecule has 0 aliphatic carbocycles. The topological polar surface area (TPSA) is 15.6 Å². The molecule has 3 rings (SSSR count). The van der Waals surface area contributed by atoms with Crippen LogP contribution in [0.2, 0.25) is 0 Å². The molecule has 0 saturated heterocycles. The maximum Gasteiger partial charge on any atom is 0.0659 e. The van der Waals surface area contributed by atoms with Crippen LogP contribution in [0.3, 0.4) is 0 Å². The van der Waals surface area contributed by atoms with Crippen molar-refractivity contribution in [2.45, 2.75) is 52.5 Å². The van der Waals surface area contributed by atoms with E-state index in [1.165, 1.54) is 34.4 Å². The van der Waals surface area contributed by atoms with Gasteiger partial charge in [-0.1, -0.05) is 22.9 Å². The van der Waals surface area contributed by atoms with E-state index in [0.717, 1.165) is 10.2 Å². The zero-order chi connectivity index (χ0) is 18.4. The van der Waals surface area contributed by atoms with Crippen LogP contribution in [0.15, 0.2) is 39.8 Å². The van der Waals surface area contributed by atoms with Gasteiger partial charge in [0.05, 0.1) is 5.69 Å². The van der Waals surface area contributed by atoms with E-state index in [2.05, 4.69) is 86.8 Å². The highest BCUT2D eigenvalue weighted by Gasteiger charge is 2.34. The normalized spacial score (nSPS) is 19.3. The lowest BCUT2D eigenvalue weighted by Gasteiger charge is -2.45. The fourth-order valence-corrected chi connectivity index (χ4v) is 4.25. The summed E-state index contributed by atoms with van der Waals surface area (Å²) in [5, 5.41) is 0. The minimum atomic E-state index is 0.197. The van der Waals surface area contributed by atoms with Crippen LogP contribution in [0.5, 0.6) is 0 Å². The largest absolute Gasteiger partial charge is 0.369 e. The number of hydrogen-bond donors (Lipinski definition) is 0. The summed E-state index contributed by atoms with van der Waals surface area (Å²) in [7, 11) is 2.21. The van der Waals surface area contributed by atoms with Gasteiger partial charge in [-0.25, -0.2) is 0 Å². The van der Waals surface area contributed by atoms with Gasteiger partial charge in [-0.2, -0.15) is 0 Å². The number of anilines is 1. The number of aliphatic imine (C=N–C) groups is 1. The molecule has 1 aliphatic rings. The van der Waals surface area contributed by atoms with E-state index < -0.39 is 0 Å². The first-order valence-electron chi connectivity index (χ1n) is 8.87. The molecule has 0 radical (unpaired) electrons. The second kappa shape index (κ2) is 6.60. The number of aryl methyl sites for hydroxylation is 2. The van der Waals surface area contributed by atoms with E-state index >= 15 is 0 Å². The number of hydrogen-bond acceptors (Lipinski definition) is 2. The van der Waals surface area contributed by atoms with Gasteiger partial charge in [0.1, 0.15) is 0 Å². The minimum absolute atomic E-state index is 0.197. The fourth-order valence-electron chi connectivity index (χ4n) is 3.78. The summed E-state index contributed by atoms with van der Waals surface area (Å²) in [5.41, 5.74) is 7.67. The lowest BCUT2D eigenvalue weighted by atomic mass is 9.79. The summed E-state index contributed by atoms with van der Waals surface area (Å²) in [6.07, 6.45) is 3.18. The number of fused-ring (bicyclic) bond motifs is 1. The highest BCUT2D eigenvalue weighted by molar-refractivity contribution is 9.10. The number of halogens is 1. The summed E-state index contributed by atoms with van der Waals surface area (Å²) in [5.74, 6) is 0.559. The third-order valence-corrected chi connectivity index (χ3v) is 6.02. The lowest BCUT2D eigenvalue weighted by molar-refractivity contribution is 0.395. The van der Waals surface area contributed by atoms with Crippen LogP contribution in [-0.2, 0) is 0 Å². The molecule has 2 aromatic rings. The first-order valence-corrected chi connectivity index (χ1v) is 9.67. The van der Waals surface area contributed by atoms with Gasteiger partial charge in [-0.15, -0.1) is 0 Å². The Kier molecular flexibility index (Phi) is 4.80. The number of nitrogens with zero attached hydrogens (tertiary/aromatic N) is 2. The molecule has 1 heterocycles. The number of benzene rings is 2. The maximum absolute atomic E-state index is 4.74. The first kappa shape index (κ1) is 18.2. The van der Waals surface area contributed by atoms with Gasteiger partial charge in [0.2, 0.25) is 0 Å². The molecule has 2 nitrogen and oxygen atoms in total. The Bertz CT molecular complexity index is 836. The van der Waals surface area contributed by atoms with Gasteiger partial charge in [0.15, 0.2) is 0 Å². The molecule has 1 aliphatic heterocycles. The highest BCUT2D eigenvalue weighted by Crippen LogP contribution is 2.43. The van der Waals surface area contributed by atoms with Gasteiger partial charge in [0, 0.05) is 29.0 Å². The maximum atomic E-state index is 4.74. The zero-order valence-corrected chi connectivity index (χ0v) is 17.6. The van der Waals surface area contributed by atoms with Crippen LogP contribution in [-0.4, -0.2) is 18.8 Å². The Labute approximate surface area is 160 Å². The van der Waals surface area contributed by atoms with Crippen molar-refractivity contribution < 1.29 is 0 Å². The van der Waals surface area contributed by atoms with E-state index in [4.69, 9.17) is 4.99 Å². The highest BCUT2D eigenvalue weighted by atomic mass is 79.9. The Balaban J connectivity index is 1.99. The van der Waals surface area contributed by atoms with Crippen molar-refractivity contribution in [2.75, 3.05) is 11.9 Å². The van der Waals surface area contributed by atoms with E-state index in [1.54, 1.807) is 0 Å². The predicted octanol–water partition coefficient (Wildman–Crippen LogP) is 6.54. The number of rotatable bonds is 2. The molecule has 25 heavy (non-hydrogen) atoms. The molecule has 1 unspecified atom stereocenters. The fraction of sp³-hybridized carbons (Fsp3) is 0.409. The van der Waals surface area contributed by atoms with Crippen molar-refractivity contribution in [1.29, 1.82) is 0 Å². The van der Waals surface area contributed by atoms with Gasteiger partial charge in [-0.05, 0) is 92.6 Å². The Morgan fingerprint density at radius 2 is 1.88 bits per heavy atom. The molecule has 0 amide bonds. The van der Waals surface area contributed by atoms with Crippen molar-refractivity contribution in [2.24, 2.45) is 4.99 Å². The first-order chi connectivity index (χ1) is 11.7. The van der Waals surface area contributed by atoms with Crippen LogP contribution in [0, 0.1) is 13.8 Å². The molecule has 0 bridgehead atoms. The van der Waals surface area contributed by atoms with Crippen molar-refractivity contribution in [3.8, 4) is 0 Å². The summed E-state index contributed by atoms with van der Waals surface area (Å²) < 4.78 is 1.09. The Morgan fingerprint density at radius 1 is 1.16 bits per heavy atom. The molecule has 0 N–H and O–H groups in total. The molecule has 0 saturated carbocycles. The molecular weight excluding hydrogens is 372 g/mol. The molecule has 0 spiro atoms. The van der Waals surface area contributed by atoms with Crippen LogP contribution >= 0.6 is 15.9 Å². The molecular formula is C22H27BrN2. The van der Waals surface area contributed by atoms with Crippen molar-refractivity contribution >= 4 is 33.5 Å². The third-order valence-electron chi connectivity index (χ3n) is 5.52. The second-order valence-corrected chi connectivity index (χ2v) is 8.85. The summed E-state index contributed by atoms with van der Waals surface area (Å²) in [6.45, 7) is 11.3. The predicted molar refractivity (Wildman–Crippen MR) is 113 cm³/mol. The molecule has 1 atom stereocenters. The van der Waals surface area contributed by atoms with Gasteiger partial charge < -0.3 is 4.90 Å². The van der Waals surface area contributed by atoms with E-state index in [1.807, 2.05) is 12.3 Å². The smallest absolute Gasteiger partial charge is 0.0659 e. The van der Waals surface area contributed by atoms with E-state index in [0.29, 0.717) is 5.92 Å². The van der Waals surface area contributed by atoms with Crippen LogP contribution in [0.4, 0.5) is 11.4 Å². The van der Waals surface area contributed by atoms with Gasteiger partial charge in [-0.3, -0.25) is 4.99 Å². The molecule has 0 aromatic heterocycles. The van der Waals surface area contributed by atoms with Crippen molar-refractivity contribution in [3.05, 3.63) is 57.1 Å². The van der Waals surface area contributed by atoms with E-state index in [9.17, 15) is 0 Å².